The predicted molar refractivity (Wildman–Crippen MR) is 91.2 cm³/mol. The lowest BCUT2D eigenvalue weighted by Gasteiger charge is -2.14. The fourth-order valence-corrected chi connectivity index (χ4v) is 2.39. The number of nitrogens with zero attached hydrogens (tertiary/aromatic N) is 2. The Hall–Kier alpha value is -1.98. The standard InChI is InChI=1S/C15H15Cl2N3O2/c1-19(2)14-6-3-10(7-15(14)20(21)22)9-18-13-8-11(16)4-5-12(13)17/h3-8,18H,9H2,1-2H3. The van der Waals surface area contributed by atoms with E-state index in [4.69, 9.17) is 23.2 Å². The molecule has 0 heterocycles. The first-order chi connectivity index (χ1) is 10.4. The number of hydrogen-bond donors (Lipinski definition) is 1. The molecule has 22 heavy (non-hydrogen) atoms. The Balaban J connectivity index is 2.22. The third-order valence-electron chi connectivity index (χ3n) is 3.13. The summed E-state index contributed by atoms with van der Waals surface area (Å²) in [6, 6.07) is 10.2. The first-order valence-electron chi connectivity index (χ1n) is 6.52. The Kier molecular flexibility index (Phi) is 5.11. The van der Waals surface area contributed by atoms with Crippen molar-refractivity contribution in [3.8, 4) is 0 Å². The van der Waals surface area contributed by atoms with Crippen molar-refractivity contribution in [1.29, 1.82) is 0 Å². The summed E-state index contributed by atoms with van der Waals surface area (Å²) in [5.41, 5.74) is 2.11. The van der Waals surface area contributed by atoms with E-state index in [0.717, 1.165) is 5.56 Å². The quantitative estimate of drug-likeness (QED) is 0.639. The van der Waals surface area contributed by atoms with E-state index in [1.165, 1.54) is 0 Å². The molecule has 0 radical (unpaired) electrons. The first kappa shape index (κ1) is 16.4. The van der Waals surface area contributed by atoms with E-state index >= 15 is 0 Å². The molecule has 0 aromatic heterocycles. The molecule has 5 nitrogen and oxygen atoms in total. The van der Waals surface area contributed by atoms with Gasteiger partial charge in [0.25, 0.3) is 5.69 Å². The topological polar surface area (TPSA) is 58.4 Å². The predicted octanol–water partition coefficient (Wildman–Crippen LogP) is 4.58. The lowest BCUT2D eigenvalue weighted by Crippen LogP contribution is -2.11. The second-order valence-corrected chi connectivity index (χ2v) is 5.80. The van der Waals surface area contributed by atoms with Crippen LogP contribution in [-0.4, -0.2) is 19.0 Å². The summed E-state index contributed by atoms with van der Waals surface area (Å²) in [6.07, 6.45) is 0. The van der Waals surface area contributed by atoms with E-state index in [1.54, 1.807) is 49.3 Å². The first-order valence-corrected chi connectivity index (χ1v) is 7.27. The van der Waals surface area contributed by atoms with E-state index in [0.29, 0.717) is 28.0 Å². The molecule has 2 aromatic rings. The van der Waals surface area contributed by atoms with Gasteiger partial charge in [-0.15, -0.1) is 0 Å². The second kappa shape index (κ2) is 6.85. The van der Waals surface area contributed by atoms with Gasteiger partial charge < -0.3 is 10.2 Å². The maximum absolute atomic E-state index is 11.2. The zero-order chi connectivity index (χ0) is 16.3. The van der Waals surface area contributed by atoms with Crippen LogP contribution in [0.1, 0.15) is 5.56 Å². The molecule has 0 atom stereocenters. The molecule has 2 rings (SSSR count). The number of nitro benzene ring substituents is 1. The minimum atomic E-state index is -0.384. The van der Waals surface area contributed by atoms with Crippen LogP contribution in [0, 0.1) is 10.1 Å². The molecule has 0 bridgehead atoms. The number of halogens is 2. The zero-order valence-corrected chi connectivity index (χ0v) is 13.6. The van der Waals surface area contributed by atoms with Crippen molar-refractivity contribution in [2.45, 2.75) is 6.54 Å². The maximum Gasteiger partial charge on any atom is 0.292 e. The van der Waals surface area contributed by atoms with Crippen LogP contribution in [0.2, 0.25) is 10.0 Å². The summed E-state index contributed by atoms with van der Waals surface area (Å²) in [5, 5.41) is 15.4. The minimum Gasteiger partial charge on any atom is -0.380 e. The monoisotopic (exact) mass is 339 g/mol. The van der Waals surface area contributed by atoms with Gasteiger partial charge in [-0.1, -0.05) is 29.3 Å². The lowest BCUT2D eigenvalue weighted by molar-refractivity contribution is -0.384. The normalized spacial score (nSPS) is 10.4. The van der Waals surface area contributed by atoms with Crippen LogP contribution >= 0.6 is 23.2 Å². The Labute approximate surface area is 138 Å². The van der Waals surface area contributed by atoms with Gasteiger partial charge in [-0.3, -0.25) is 10.1 Å². The SMILES string of the molecule is CN(C)c1ccc(CNc2cc(Cl)ccc2Cl)cc1[N+](=O)[O-]. The molecule has 7 heteroatoms. The van der Waals surface area contributed by atoms with Crippen LogP contribution in [0.3, 0.4) is 0 Å². The number of hydrogen-bond acceptors (Lipinski definition) is 4. The summed E-state index contributed by atoms with van der Waals surface area (Å²) in [6.45, 7) is 0.411. The van der Waals surface area contributed by atoms with Gasteiger partial charge >= 0.3 is 0 Å². The van der Waals surface area contributed by atoms with Crippen LogP contribution in [0.25, 0.3) is 0 Å². The zero-order valence-electron chi connectivity index (χ0n) is 12.1. The molecule has 2 aromatic carbocycles. The highest BCUT2D eigenvalue weighted by Gasteiger charge is 2.16. The van der Waals surface area contributed by atoms with Crippen LogP contribution in [0.5, 0.6) is 0 Å². The van der Waals surface area contributed by atoms with Gasteiger partial charge in [0.15, 0.2) is 0 Å². The van der Waals surface area contributed by atoms with Gasteiger partial charge in [-0.05, 0) is 29.8 Å². The van der Waals surface area contributed by atoms with E-state index in [2.05, 4.69) is 5.32 Å². The smallest absolute Gasteiger partial charge is 0.292 e. The Bertz CT molecular complexity index is 705. The average Bonchev–Trinajstić information content (AvgIpc) is 2.47. The van der Waals surface area contributed by atoms with Crippen molar-refractivity contribution in [1.82, 2.24) is 0 Å². The summed E-state index contributed by atoms with van der Waals surface area (Å²) >= 11 is 12.0. The molecule has 0 spiro atoms. The summed E-state index contributed by atoms with van der Waals surface area (Å²) in [7, 11) is 3.54. The lowest BCUT2D eigenvalue weighted by atomic mass is 10.1. The van der Waals surface area contributed by atoms with Gasteiger partial charge in [0.1, 0.15) is 5.69 Å². The number of benzene rings is 2. The summed E-state index contributed by atoms with van der Waals surface area (Å²) in [5.74, 6) is 0. The van der Waals surface area contributed by atoms with E-state index in [-0.39, 0.29) is 10.6 Å². The van der Waals surface area contributed by atoms with Crippen LogP contribution in [0.4, 0.5) is 17.1 Å². The van der Waals surface area contributed by atoms with Crippen LogP contribution in [-0.2, 0) is 6.54 Å². The molecule has 116 valence electrons. The third kappa shape index (κ3) is 3.81. The van der Waals surface area contributed by atoms with Gasteiger partial charge in [0.05, 0.1) is 15.6 Å². The van der Waals surface area contributed by atoms with Crippen molar-refractivity contribution in [3.05, 3.63) is 62.1 Å². The van der Waals surface area contributed by atoms with Gasteiger partial charge in [0.2, 0.25) is 0 Å². The molecule has 0 amide bonds. The average molecular weight is 340 g/mol. The third-order valence-corrected chi connectivity index (χ3v) is 3.69. The molecule has 1 N–H and O–H groups in total. The van der Waals surface area contributed by atoms with Crippen molar-refractivity contribution in [2.75, 3.05) is 24.3 Å². The van der Waals surface area contributed by atoms with Gasteiger partial charge in [0, 0.05) is 31.7 Å². The minimum absolute atomic E-state index is 0.0708. The molecular weight excluding hydrogens is 325 g/mol. The molecular formula is C15H15Cl2N3O2. The highest BCUT2D eigenvalue weighted by molar-refractivity contribution is 6.35. The highest BCUT2D eigenvalue weighted by Crippen LogP contribution is 2.29. The molecule has 0 aliphatic heterocycles. The second-order valence-electron chi connectivity index (χ2n) is 4.95. The van der Waals surface area contributed by atoms with Gasteiger partial charge in [-0.25, -0.2) is 0 Å². The van der Waals surface area contributed by atoms with Crippen LogP contribution < -0.4 is 10.2 Å². The molecule has 0 unspecified atom stereocenters. The van der Waals surface area contributed by atoms with Crippen LogP contribution in [0.15, 0.2) is 36.4 Å². The highest BCUT2D eigenvalue weighted by atomic mass is 35.5. The number of rotatable bonds is 5. The van der Waals surface area contributed by atoms with E-state index in [1.807, 2.05) is 6.07 Å². The molecule has 0 saturated heterocycles. The molecule has 0 fully saturated rings. The molecule has 0 aliphatic carbocycles. The largest absolute Gasteiger partial charge is 0.380 e. The Morgan fingerprint density at radius 3 is 2.55 bits per heavy atom. The number of anilines is 2. The van der Waals surface area contributed by atoms with E-state index < -0.39 is 0 Å². The maximum atomic E-state index is 11.2. The fourth-order valence-electron chi connectivity index (χ4n) is 2.03. The molecule has 0 aliphatic rings. The fraction of sp³-hybridized carbons (Fsp3) is 0.200. The summed E-state index contributed by atoms with van der Waals surface area (Å²) in [4.78, 5) is 12.5. The van der Waals surface area contributed by atoms with Crippen molar-refractivity contribution in [2.24, 2.45) is 0 Å². The van der Waals surface area contributed by atoms with Crippen molar-refractivity contribution < 1.29 is 4.92 Å². The summed E-state index contributed by atoms with van der Waals surface area (Å²) < 4.78 is 0. The van der Waals surface area contributed by atoms with Crippen molar-refractivity contribution >= 4 is 40.3 Å². The van der Waals surface area contributed by atoms with Gasteiger partial charge in [-0.2, -0.15) is 0 Å². The van der Waals surface area contributed by atoms with Crippen molar-refractivity contribution in [3.63, 3.8) is 0 Å². The number of nitrogens with one attached hydrogen (secondary N) is 1. The Morgan fingerprint density at radius 2 is 1.91 bits per heavy atom. The Morgan fingerprint density at radius 1 is 1.18 bits per heavy atom. The van der Waals surface area contributed by atoms with E-state index in [9.17, 15) is 10.1 Å². The molecule has 0 saturated carbocycles. The number of nitro groups is 1.